The van der Waals surface area contributed by atoms with Gasteiger partial charge in [-0.1, -0.05) is 75.7 Å². The van der Waals surface area contributed by atoms with Crippen LogP contribution in [0.5, 0.6) is 5.75 Å². The smallest absolute Gasteiger partial charge is 0.261 e. The van der Waals surface area contributed by atoms with Gasteiger partial charge in [0.25, 0.3) is 5.91 Å². The van der Waals surface area contributed by atoms with Gasteiger partial charge in [-0.3, -0.25) is 9.59 Å². The van der Waals surface area contributed by atoms with Crippen LogP contribution in [0.15, 0.2) is 77.3 Å². The molecule has 0 radical (unpaired) electrons. The summed E-state index contributed by atoms with van der Waals surface area (Å²) in [6, 6.07) is 20.6. The summed E-state index contributed by atoms with van der Waals surface area (Å²) in [5.74, 6) is -0.00148. The number of nitrogens with zero attached hydrogens (tertiary/aromatic N) is 1. The van der Waals surface area contributed by atoms with Crippen LogP contribution >= 0.6 is 15.9 Å². The number of hydrogen-bond donors (Lipinski definition) is 1. The second kappa shape index (κ2) is 14.7. The minimum atomic E-state index is -0.762. The second-order valence-electron chi connectivity index (χ2n) is 9.63. The van der Waals surface area contributed by atoms with E-state index in [4.69, 9.17) is 4.74 Å². The van der Waals surface area contributed by atoms with E-state index in [2.05, 4.69) is 42.0 Å². The van der Waals surface area contributed by atoms with Crippen molar-refractivity contribution in [3.63, 3.8) is 0 Å². The second-order valence-corrected chi connectivity index (χ2v) is 10.5. The first-order valence-electron chi connectivity index (χ1n) is 13.1. The third-order valence-electron chi connectivity index (χ3n) is 6.34. The van der Waals surface area contributed by atoms with Crippen LogP contribution in [0.3, 0.4) is 0 Å². The van der Waals surface area contributed by atoms with Crippen molar-refractivity contribution in [3.05, 3.63) is 99.8 Å². The zero-order chi connectivity index (χ0) is 27.5. The van der Waals surface area contributed by atoms with Crippen LogP contribution in [0.4, 0.5) is 4.39 Å². The molecule has 3 aromatic carbocycles. The summed E-state index contributed by atoms with van der Waals surface area (Å²) in [5, 5.41) is 2.99. The normalized spacial score (nSPS) is 11.7. The van der Waals surface area contributed by atoms with Crippen molar-refractivity contribution in [1.82, 2.24) is 10.2 Å². The fraction of sp³-hybridized carbons (Fsp3) is 0.355. The summed E-state index contributed by atoms with van der Waals surface area (Å²) in [4.78, 5) is 28.6. The molecule has 2 amide bonds. The standard InChI is InChI=1S/C31H36BrFN2O3/c1-4-5-17-34-31(37)28(18-23-9-7-6-8-10-23)35(20-24-11-14-26(33)15-12-24)30(36)21-38-29-16-13-25(22(2)3)19-27(29)32/h6-16,19,22,28H,4-5,17-18,20-21H2,1-3H3,(H,34,37). The molecule has 202 valence electrons. The number of halogens is 2. The molecule has 0 fully saturated rings. The summed E-state index contributed by atoms with van der Waals surface area (Å²) in [6.07, 6.45) is 2.14. The topological polar surface area (TPSA) is 58.6 Å². The Morgan fingerprint density at radius 2 is 1.71 bits per heavy atom. The summed E-state index contributed by atoms with van der Waals surface area (Å²) in [7, 11) is 0. The number of rotatable bonds is 13. The van der Waals surface area contributed by atoms with Crippen LogP contribution in [-0.4, -0.2) is 35.9 Å². The highest BCUT2D eigenvalue weighted by atomic mass is 79.9. The molecule has 0 bridgehead atoms. The molecule has 0 aliphatic heterocycles. The molecule has 7 heteroatoms. The van der Waals surface area contributed by atoms with Crippen LogP contribution in [0.1, 0.15) is 56.2 Å². The Morgan fingerprint density at radius 1 is 1.00 bits per heavy atom. The van der Waals surface area contributed by atoms with E-state index >= 15 is 0 Å². The van der Waals surface area contributed by atoms with Gasteiger partial charge in [0.05, 0.1) is 4.47 Å². The maximum absolute atomic E-state index is 13.7. The van der Waals surface area contributed by atoms with E-state index in [-0.39, 0.29) is 30.8 Å². The van der Waals surface area contributed by atoms with Gasteiger partial charge in [0, 0.05) is 19.5 Å². The number of nitrogens with one attached hydrogen (secondary N) is 1. The van der Waals surface area contributed by atoms with Gasteiger partial charge in [-0.15, -0.1) is 0 Å². The van der Waals surface area contributed by atoms with Gasteiger partial charge in [-0.25, -0.2) is 4.39 Å². The molecule has 0 spiro atoms. The lowest BCUT2D eigenvalue weighted by Gasteiger charge is -2.31. The number of unbranched alkanes of at least 4 members (excludes halogenated alkanes) is 1. The van der Waals surface area contributed by atoms with Gasteiger partial charge in [0.2, 0.25) is 5.91 Å². The van der Waals surface area contributed by atoms with E-state index < -0.39 is 6.04 Å². The fourth-order valence-corrected chi connectivity index (χ4v) is 4.57. The number of carbonyl (C=O) groups is 2. The lowest BCUT2D eigenvalue weighted by Crippen LogP contribution is -2.51. The van der Waals surface area contributed by atoms with Gasteiger partial charge in [-0.05, 0) is 69.2 Å². The molecule has 3 rings (SSSR count). The molecule has 5 nitrogen and oxygen atoms in total. The molecular formula is C31H36BrFN2O3. The van der Waals surface area contributed by atoms with Crippen molar-refractivity contribution in [1.29, 1.82) is 0 Å². The molecule has 0 aliphatic carbocycles. The Bertz CT molecular complexity index is 1190. The fourth-order valence-electron chi connectivity index (χ4n) is 4.06. The largest absolute Gasteiger partial charge is 0.483 e. The van der Waals surface area contributed by atoms with E-state index in [0.717, 1.165) is 34.0 Å². The molecule has 0 aromatic heterocycles. The zero-order valence-electron chi connectivity index (χ0n) is 22.3. The van der Waals surface area contributed by atoms with Crippen LogP contribution in [-0.2, 0) is 22.6 Å². The van der Waals surface area contributed by atoms with E-state index in [1.54, 1.807) is 12.1 Å². The predicted octanol–water partition coefficient (Wildman–Crippen LogP) is 6.65. The molecule has 1 unspecified atom stereocenters. The van der Waals surface area contributed by atoms with Crippen LogP contribution in [0.2, 0.25) is 0 Å². The van der Waals surface area contributed by atoms with Crippen molar-refractivity contribution in [3.8, 4) is 5.75 Å². The summed E-state index contributed by atoms with van der Waals surface area (Å²) in [5.41, 5.74) is 2.81. The highest BCUT2D eigenvalue weighted by Gasteiger charge is 2.30. The first kappa shape index (κ1) is 29.4. The van der Waals surface area contributed by atoms with E-state index in [0.29, 0.717) is 24.6 Å². The third-order valence-corrected chi connectivity index (χ3v) is 6.96. The van der Waals surface area contributed by atoms with Crippen LogP contribution < -0.4 is 10.1 Å². The Morgan fingerprint density at radius 3 is 2.34 bits per heavy atom. The van der Waals surface area contributed by atoms with Crippen LogP contribution in [0, 0.1) is 5.82 Å². The lowest BCUT2D eigenvalue weighted by molar-refractivity contribution is -0.142. The first-order valence-corrected chi connectivity index (χ1v) is 13.9. The molecule has 38 heavy (non-hydrogen) atoms. The summed E-state index contributed by atoms with van der Waals surface area (Å²) < 4.78 is 20.3. The van der Waals surface area contributed by atoms with Crippen molar-refractivity contribution in [2.75, 3.05) is 13.2 Å². The molecule has 1 atom stereocenters. The minimum absolute atomic E-state index is 0.147. The van der Waals surface area contributed by atoms with Crippen molar-refractivity contribution in [2.45, 2.75) is 58.5 Å². The minimum Gasteiger partial charge on any atom is -0.483 e. The molecule has 0 saturated heterocycles. The number of benzene rings is 3. The Hall–Kier alpha value is -3.19. The number of carbonyl (C=O) groups excluding carboxylic acids is 2. The highest BCUT2D eigenvalue weighted by molar-refractivity contribution is 9.10. The van der Waals surface area contributed by atoms with Crippen molar-refractivity contribution < 1.29 is 18.7 Å². The molecular weight excluding hydrogens is 547 g/mol. The maximum atomic E-state index is 13.7. The van der Waals surface area contributed by atoms with Crippen molar-refractivity contribution in [2.24, 2.45) is 0 Å². The Kier molecular flexibility index (Phi) is 11.3. The maximum Gasteiger partial charge on any atom is 0.261 e. The van der Waals surface area contributed by atoms with E-state index in [9.17, 15) is 14.0 Å². The highest BCUT2D eigenvalue weighted by Crippen LogP contribution is 2.29. The SMILES string of the molecule is CCCCNC(=O)C(Cc1ccccc1)N(Cc1ccc(F)cc1)C(=O)COc1ccc(C(C)C)cc1Br. The van der Waals surface area contributed by atoms with Gasteiger partial charge >= 0.3 is 0 Å². The van der Waals surface area contributed by atoms with Gasteiger partial charge < -0.3 is 15.0 Å². The first-order chi connectivity index (χ1) is 18.3. The van der Waals surface area contributed by atoms with Gasteiger partial charge in [0.1, 0.15) is 17.6 Å². The summed E-state index contributed by atoms with van der Waals surface area (Å²) in [6.45, 7) is 6.71. The molecule has 3 aromatic rings. The average Bonchev–Trinajstić information content (AvgIpc) is 2.91. The number of ether oxygens (including phenoxy) is 1. The third kappa shape index (κ3) is 8.69. The molecule has 0 saturated carbocycles. The number of hydrogen-bond acceptors (Lipinski definition) is 3. The van der Waals surface area contributed by atoms with E-state index in [1.165, 1.54) is 17.0 Å². The number of amides is 2. The van der Waals surface area contributed by atoms with Gasteiger partial charge in [0.15, 0.2) is 6.61 Å². The Balaban J connectivity index is 1.88. The predicted molar refractivity (Wildman–Crippen MR) is 153 cm³/mol. The molecule has 0 aliphatic rings. The summed E-state index contributed by atoms with van der Waals surface area (Å²) >= 11 is 3.55. The molecule has 1 N–H and O–H groups in total. The van der Waals surface area contributed by atoms with Crippen molar-refractivity contribution >= 4 is 27.7 Å². The Labute approximate surface area is 233 Å². The van der Waals surface area contributed by atoms with Crippen LogP contribution in [0.25, 0.3) is 0 Å². The molecule has 0 heterocycles. The lowest BCUT2D eigenvalue weighted by atomic mass is 10.0. The average molecular weight is 584 g/mol. The quantitative estimate of drug-likeness (QED) is 0.230. The van der Waals surface area contributed by atoms with E-state index in [1.807, 2.05) is 48.5 Å². The monoisotopic (exact) mass is 582 g/mol. The zero-order valence-corrected chi connectivity index (χ0v) is 23.8. The van der Waals surface area contributed by atoms with Gasteiger partial charge in [-0.2, -0.15) is 0 Å².